The number of aromatic amines is 1. The van der Waals surface area contributed by atoms with Gasteiger partial charge >= 0.3 is 0 Å². The summed E-state index contributed by atoms with van der Waals surface area (Å²) >= 11 is 0.336. The molecule has 0 atom stereocenters. The number of ether oxygens (including phenoxy) is 1. The molecule has 9 heteroatoms. The molecule has 0 spiro atoms. The number of carbonyl (C=O) groups excluding carboxylic acids is 1. The van der Waals surface area contributed by atoms with E-state index in [-0.39, 0.29) is 18.1 Å². The molecular weight excluding hydrogens is 392 g/mol. The summed E-state index contributed by atoms with van der Waals surface area (Å²) < 4.78 is 15.6. The molecule has 0 amide bonds. The van der Waals surface area contributed by atoms with Crippen molar-refractivity contribution >= 4 is 22.4 Å². The number of hydrogen-bond acceptors (Lipinski definition) is 7. The lowest BCUT2D eigenvalue weighted by Gasteiger charge is -2.13. The van der Waals surface area contributed by atoms with Gasteiger partial charge in [0, 0.05) is 16.5 Å². The molecule has 0 unspecified atom stereocenters. The highest BCUT2D eigenvalue weighted by Crippen LogP contribution is 2.32. The summed E-state index contributed by atoms with van der Waals surface area (Å²) in [4.78, 5) is 11.3. The van der Waals surface area contributed by atoms with Crippen LogP contribution >= 0.6 is 0 Å². The standard InChI is InChI=1S/C13H16O4S.C7H6N4/c1-3-4-11-12(17-7-8-18-16)6-5-10(9(2)14)13(11)15;1-2-4-6(5-3-1)7-8-10-11-9-7/h5-6,8,15H,3-4,7H2,1-2H3;1-5H,(H,8,9,10,11). The van der Waals surface area contributed by atoms with Gasteiger partial charge < -0.3 is 9.84 Å². The number of rotatable bonds is 7. The van der Waals surface area contributed by atoms with Gasteiger partial charge in [-0.2, -0.15) is 5.21 Å². The minimum atomic E-state index is -0.182. The Labute approximate surface area is 172 Å². The van der Waals surface area contributed by atoms with E-state index >= 15 is 0 Å². The number of phenols is 1. The van der Waals surface area contributed by atoms with Crippen molar-refractivity contribution < 1.29 is 18.8 Å². The van der Waals surface area contributed by atoms with E-state index in [9.17, 15) is 14.1 Å². The van der Waals surface area contributed by atoms with Crippen LogP contribution in [0.5, 0.6) is 11.5 Å². The van der Waals surface area contributed by atoms with Crippen molar-refractivity contribution in [2.24, 2.45) is 0 Å². The number of ketones is 1. The van der Waals surface area contributed by atoms with Crippen LogP contribution in [0.1, 0.15) is 36.2 Å². The maximum absolute atomic E-state index is 11.3. The van der Waals surface area contributed by atoms with Crippen LogP contribution in [-0.2, 0) is 17.7 Å². The molecule has 0 saturated heterocycles. The predicted octanol–water partition coefficient (Wildman–Crippen LogP) is 2.81. The molecule has 3 rings (SSSR count). The highest BCUT2D eigenvalue weighted by atomic mass is 32.1. The number of hydrogen-bond donors (Lipinski definition) is 2. The number of H-pyrrole nitrogens is 1. The Hall–Kier alpha value is -3.33. The normalized spacial score (nSPS) is 9.86. The van der Waals surface area contributed by atoms with E-state index < -0.39 is 0 Å². The third-order valence-electron chi connectivity index (χ3n) is 3.87. The van der Waals surface area contributed by atoms with Crippen LogP contribution in [0.25, 0.3) is 11.4 Å². The molecule has 152 valence electrons. The summed E-state index contributed by atoms with van der Waals surface area (Å²) in [5, 5.41) is 25.0. The lowest BCUT2D eigenvalue weighted by molar-refractivity contribution is 0.101. The summed E-state index contributed by atoms with van der Waals surface area (Å²) in [5.74, 6) is 0.949. The first-order chi connectivity index (χ1) is 14.1. The Kier molecular flexibility index (Phi) is 8.71. The number of Topliss-reactive ketones (excluding diaryl/α,β-unsaturated/α-hetero) is 1. The molecule has 0 bridgehead atoms. The molecule has 2 aromatic carbocycles. The first-order valence-corrected chi connectivity index (χ1v) is 9.76. The molecule has 0 aliphatic heterocycles. The van der Waals surface area contributed by atoms with Crippen LogP contribution in [0, 0.1) is 0 Å². The number of nitrogens with zero attached hydrogens (tertiary/aromatic N) is 3. The quantitative estimate of drug-likeness (QED) is 0.451. The lowest BCUT2D eigenvalue weighted by Crippen LogP contribution is -2.04. The molecule has 0 radical (unpaired) electrons. The van der Waals surface area contributed by atoms with Crippen molar-refractivity contribution in [3.05, 3.63) is 53.6 Å². The molecule has 0 aliphatic rings. The first kappa shape index (κ1) is 22.0. The van der Waals surface area contributed by atoms with E-state index in [0.29, 0.717) is 40.4 Å². The number of benzene rings is 2. The molecule has 3 aromatic rings. The number of nitrogens with one attached hydrogen (secondary N) is 1. The number of aromatic nitrogens is 4. The van der Waals surface area contributed by atoms with E-state index in [1.54, 1.807) is 6.07 Å². The average Bonchev–Trinajstić information content (AvgIpc) is 3.26. The second-order valence-electron chi connectivity index (χ2n) is 5.92. The van der Waals surface area contributed by atoms with Gasteiger partial charge in [0.1, 0.15) is 18.1 Å². The summed E-state index contributed by atoms with van der Waals surface area (Å²) in [6.07, 6.45) is 1.44. The zero-order chi connectivity index (χ0) is 21.1. The molecule has 0 saturated carbocycles. The number of phenolic OH excluding ortho intramolecular Hbond substituents is 1. The monoisotopic (exact) mass is 414 g/mol. The largest absolute Gasteiger partial charge is 0.507 e. The van der Waals surface area contributed by atoms with E-state index in [2.05, 4.69) is 20.6 Å². The van der Waals surface area contributed by atoms with Gasteiger partial charge in [-0.1, -0.05) is 43.7 Å². The van der Waals surface area contributed by atoms with Crippen LogP contribution in [0.15, 0.2) is 42.5 Å². The predicted molar refractivity (Wildman–Crippen MR) is 111 cm³/mol. The first-order valence-electron chi connectivity index (χ1n) is 8.96. The van der Waals surface area contributed by atoms with Crippen LogP contribution in [0.2, 0.25) is 0 Å². The fourth-order valence-corrected chi connectivity index (χ4v) is 2.68. The van der Waals surface area contributed by atoms with Gasteiger partial charge in [0.05, 0.1) is 16.8 Å². The van der Waals surface area contributed by atoms with E-state index in [1.165, 1.54) is 18.4 Å². The van der Waals surface area contributed by atoms with Crippen LogP contribution in [0.3, 0.4) is 0 Å². The Balaban J connectivity index is 0.000000230. The topological polar surface area (TPSA) is 118 Å². The highest BCUT2D eigenvalue weighted by Gasteiger charge is 2.15. The van der Waals surface area contributed by atoms with Crippen molar-refractivity contribution in [3.63, 3.8) is 0 Å². The highest BCUT2D eigenvalue weighted by molar-refractivity contribution is 7.64. The Bertz CT molecular complexity index is 972. The van der Waals surface area contributed by atoms with Gasteiger partial charge in [0.25, 0.3) is 0 Å². The van der Waals surface area contributed by atoms with Crippen molar-refractivity contribution in [1.82, 2.24) is 20.6 Å². The summed E-state index contributed by atoms with van der Waals surface area (Å²) in [6.45, 7) is 3.56. The van der Waals surface area contributed by atoms with Crippen LogP contribution < -0.4 is 4.74 Å². The second kappa shape index (κ2) is 11.5. The van der Waals surface area contributed by atoms with Crippen LogP contribution in [0.4, 0.5) is 0 Å². The van der Waals surface area contributed by atoms with Crippen LogP contribution in [-0.4, -0.2) is 47.7 Å². The number of aromatic hydroxyl groups is 1. The Morgan fingerprint density at radius 2 is 2.00 bits per heavy atom. The minimum absolute atomic E-state index is 0.0170. The van der Waals surface area contributed by atoms with Crippen molar-refractivity contribution in [2.45, 2.75) is 26.7 Å². The van der Waals surface area contributed by atoms with Gasteiger partial charge in [-0.05, 0) is 30.7 Å². The van der Waals surface area contributed by atoms with Crippen molar-refractivity contribution in [2.75, 3.05) is 6.61 Å². The molecule has 8 nitrogen and oxygen atoms in total. The number of carbonyl (C=O) groups is 1. The Morgan fingerprint density at radius 1 is 1.24 bits per heavy atom. The summed E-state index contributed by atoms with van der Waals surface area (Å²) in [6, 6.07) is 12.9. The van der Waals surface area contributed by atoms with Gasteiger partial charge in [-0.15, -0.1) is 10.2 Å². The smallest absolute Gasteiger partial charge is 0.204 e. The molecule has 1 aromatic heterocycles. The molecule has 1 heterocycles. The molecular formula is C20H22N4O4S. The van der Waals surface area contributed by atoms with Crippen molar-refractivity contribution in [1.29, 1.82) is 0 Å². The SMILES string of the molecule is CCCc1c(OCC=S=O)ccc(C(C)=O)c1O.c1ccc(-c2nn[nH]n2)cc1. The van der Waals surface area contributed by atoms with Crippen molar-refractivity contribution in [3.8, 4) is 22.9 Å². The molecule has 0 aliphatic carbocycles. The maximum Gasteiger partial charge on any atom is 0.204 e. The van der Waals surface area contributed by atoms with Gasteiger partial charge in [0.2, 0.25) is 5.82 Å². The third-order valence-corrected chi connectivity index (χ3v) is 4.14. The molecule has 0 fully saturated rings. The third kappa shape index (κ3) is 6.35. The summed E-state index contributed by atoms with van der Waals surface area (Å²) in [5.41, 5.74) is 1.89. The fraction of sp³-hybridized carbons (Fsp3) is 0.250. The minimum Gasteiger partial charge on any atom is -0.507 e. The molecule has 29 heavy (non-hydrogen) atoms. The zero-order valence-electron chi connectivity index (χ0n) is 16.2. The second-order valence-corrected chi connectivity index (χ2v) is 6.45. The molecule has 2 N–H and O–H groups in total. The summed E-state index contributed by atoms with van der Waals surface area (Å²) in [7, 11) is 0. The lowest BCUT2D eigenvalue weighted by atomic mass is 10.0. The van der Waals surface area contributed by atoms with Gasteiger partial charge in [0.15, 0.2) is 5.78 Å². The Morgan fingerprint density at radius 3 is 2.59 bits per heavy atom. The fourth-order valence-electron chi connectivity index (χ4n) is 2.55. The van der Waals surface area contributed by atoms with E-state index in [1.807, 2.05) is 37.3 Å². The number of tetrazole rings is 1. The van der Waals surface area contributed by atoms with Gasteiger partial charge in [-0.3, -0.25) is 4.79 Å². The maximum atomic E-state index is 11.3. The van der Waals surface area contributed by atoms with E-state index in [4.69, 9.17) is 4.74 Å². The van der Waals surface area contributed by atoms with Gasteiger partial charge in [-0.25, -0.2) is 4.21 Å². The average molecular weight is 414 g/mol. The van der Waals surface area contributed by atoms with E-state index in [0.717, 1.165) is 12.0 Å². The zero-order valence-corrected chi connectivity index (χ0v) is 17.0.